The Kier molecular flexibility index (Phi) is 10.1. The van der Waals surface area contributed by atoms with E-state index in [9.17, 15) is 9.00 Å². The highest BCUT2D eigenvalue weighted by Gasteiger charge is 2.27. The zero-order chi connectivity index (χ0) is 23.0. The lowest BCUT2D eigenvalue weighted by Crippen LogP contribution is -2.44. The van der Waals surface area contributed by atoms with Crippen molar-refractivity contribution in [1.29, 1.82) is 0 Å². The summed E-state index contributed by atoms with van der Waals surface area (Å²) in [5.74, 6) is 1.21. The van der Waals surface area contributed by atoms with Crippen molar-refractivity contribution in [3.05, 3.63) is 50.7 Å². The summed E-state index contributed by atoms with van der Waals surface area (Å²) in [6, 6.07) is 6.29. The van der Waals surface area contributed by atoms with Gasteiger partial charge >= 0.3 is 0 Å². The van der Waals surface area contributed by atoms with E-state index in [2.05, 4.69) is 27.9 Å². The van der Waals surface area contributed by atoms with Crippen molar-refractivity contribution in [3.63, 3.8) is 0 Å². The molecular formula is C22H31BrN2O5S. The van der Waals surface area contributed by atoms with Gasteiger partial charge in [-0.2, -0.15) is 0 Å². The number of methoxy groups -OCH3 is 2. The van der Waals surface area contributed by atoms with Gasteiger partial charge in [0, 0.05) is 46.8 Å². The summed E-state index contributed by atoms with van der Waals surface area (Å²) >= 11 is 3.48. The number of piperidine rings is 1. The average molecular weight is 515 g/mol. The zero-order valence-electron chi connectivity index (χ0n) is 18.7. The predicted octanol–water partition coefficient (Wildman–Crippen LogP) is 4.11. The van der Waals surface area contributed by atoms with Crippen LogP contribution in [0.3, 0.4) is 0 Å². The second-order valence-electron chi connectivity index (χ2n) is 7.28. The van der Waals surface area contributed by atoms with Crippen LogP contribution < -0.4 is 4.90 Å². The lowest BCUT2D eigenvalue weighted by atomic mass is 10.0. The van der Waals surface area contributed by atoms with Crippen molar-refractivity contribution in [3.8, 4) is 0 Å². The number of carbonyl (C=O) groups is 1. The summed E-state index contributed by atoms with van der Waals surface area (Å²) in [4.78, 5) is 13.6. The van der Waals surface area contributed by atoms with Crippen molar-refractivity contribution in [2.24, 2.45) is 0 Å². The molecule has 0 bridgehead atoms. The molecule has 1 saturated heterocycles. The van der Waals surface area contributed by atoms with Crippen molar-refractivity contribution in [1.82, 2.24) is 4.31 Å². The van der Waals surface area contributed by atoms with Crippen LogP contribution in [0.1, 0.15) is 32.3 Å². The number of rotatable bonds is 10. The van der Waals surface area contributed by atoms with Crippen molar-refractivity contribution >= 4 is 39.1 Å². The van der Waals surface area contributed by atoms with Crippen LogP contribution in [0.2, 0.25) is 0 Å². The first kappa shape index (κ1) is 25.4. The smallest absolute Gasteiger partial charge is 0.293 e. The molecule has 0 aromatic heterocycles. The molecule has 0 aliphatic carbocycles. The number of hydrogen-bond donors (Lipinski definition) is 0. The Morgan fingerprint density at radius 2 is 1.94 bits per heavy atom. The van der Waals surface area contributed by atoms with Crippen LogP contribution in [0.5, 0.6) is 0 Å². The van der Waals surface area contributed by atoms with Crippen LogP contribution in [0, 0.1) is 0 Å². The third-order valence-electron chi connectivity index (χ3n) is 5.42. The van der Waals surface area contributed by atoms with E-state index in [4.69, 9.17) is 14.2 Å². The molecule has 1 fully saturated rings. The normalized spacial score (nSPS) is 17.5. The molecular weight excluding hydrogens is 484 g/mol. The summed E-state index contributed by atoms with van der Waals surface area (Å²) in [5.41, 5.74) is 1.98. The SMILES string of the molecule is CO/C(C)=C(/C=C(\C)S(=O)N1CCC(N(C)c2ccc(Br)cc2COC=O)CC1)OC. The fraction of sp³-hybridized carbons (Fsp3) is 0.500. The van der Waals surface area contributed by atoms with E-state index in [1.807, 2.05) is 36.4 Å². The second-order valence-corrected chi connectivity index (χ2v) is 9.86. The van der Waals surface area contributed by atoms with Gasteiger partial charge in [0.2, 0.25) is 0 Å². The molecule has 0 radical (unpaired) electrons. The summed E-state index contributed by atoms with van der Waals surface area (Å²) in [5, 5.41) is 0. The highest BCUT2D eigenvalue weighted by Crippen LogP contribution is 2.29. The molecule has 7 nitrogen and oxygen atoms in total. The van der Waals surface area contributed by atoms with E-state index in [0.717, 1.165) is 46.6 Å². The Balaban J connectivity index is 2.05. The van der Waals surface area contributed by atoms with Crippen molar-refractivity contribution in [2.45, 2.75) is 39.3 Å². The minimum absolute atomic E-state index is 0.228. The summed E-state index contributed by atoms with van der Waals surface area (Å²) in [6.07, 6.45) is 3.53. The van der Waals surface area contributed by atoms with E-state index in [1.54, 1.807) is 20.3 Å². The van der Waals surface area contributed by atoms with Crippen LogP contribution in [0.4, 0.5) is 5.69 Å². The molecule has 1 unspecified atom stereocenters. The third-order valence-corrected chi connectivity index (χ3v) is 7.41. The molecule has 0 N–H and O–H groups in total. The molecule has 1 heterocycles. The van der Waals surface area contributed by atoms with Gasteiger partial charge in [-0.15, -0.1) is 0 Å². The maximum absolute atomic E-state index is 13.0. The van der Waals surface area contributed by atoms with E-state index in [1.165, 1.54) is 0 Å². The lowest BCUT2D eigenvalue weighted by Gasteiger charge is -2.38. The standard InChI is InChI=1S/C22H31BrN2O5S/c1-16(12-22(29-5)17(2)28-4)31(27)25-10-8-20(9-11-25)24(3)21-7-6-19(23)13-18(21)14-30-15-26/h6-7,12-13,15,20H,8-11,14H2,1-5H3/b16-12+,22-17-. The van der Waals surface area contributed by atoms with E-state index >= 15 is 0 Å². The van der Waals surface area contributed by atoms with Crippen molar-refractivity contribution in [2.75, 3.05) is 39.3 Å². The van der Waals surface area contributed by atoms with Gasteiger partial charge in [0.15, 0.2) is 5.76 Å². The first-order valence-corrected chi connectivity index (χ1v) is 11.9. The average Bonchev–Trinajstić information content (AvgIpc) is 2.79. The molecule has 0 saturated carbocycles. The number of carbonyl (C=O) groups excluding carboxylic acids is 1. The van der Waals surface area contributed by atoms with Gasteiger partial charge in [-0.1, -0.05) is 15.9 Å². The molecule has 1 aromatic carbocycles. The largest absolute Gasteiger partial charge is 0.498 e. The topological polar surface area (TPSA) is 68.3 Å². The molecule has 31 heavy (non-hydrogen) atoms. The van der Waals surface area contributed by atoms with E-state index in [-0.39, 0.29) is 6.61 Å². The zero-order valence-corrected chi connectivity index (χ0v) is 21.1. The molecule has 1 aromatic rings. The molecule has 1 aliphatic heterocycles. The Bertz CT molecular complexity index is 850. The molecule has 0 amide bonds. The molecule has 9 heteroatoms. The second kappa shape index (κ2) is 12.3. The van der Waals surface area contributed by atoms with Crippen molar-refractivity contribution < 1.29 is 23.2 Å². The highest BCUT2D eigenvalue weighted by molar-refractivity contribution is 9.10. The minimum Gasteiger partial charge on any atom is -0.498 e. The molecule has 1 atom stereocenters. The fourth-order valence-electron chi connectivity index (χ4n) is 3.57. The van der Waals surface area contributed by atoms with E-state index < -0.39 is 11.0 Å². The van der Waals surface area contributed by atoms with Gasteiger partial charge in [-0.25, -0.2) is 8.51 Å². The number of ether oxygens (including phenoxy) is 3. The molecule has 2 rings (SSSR count). The number of hydrogen-bond acceptors (Lipinski definition) is 6. The molecule has 1 aliphatic rings. The molecule has 172 valence electrons. The third kappa shape index (κ3) is 6.82. The first-order chi connectivity index (χ1) is 14.8. The lowest BCUT2D eigenvalue weighted by molar-refractivity contribution is -0.129. The maximum Gasteiger partial charge on any atom is 0.293 e. The Hall–Kier alpha value is -1.84. The van der Waals surface area contributed by atoms with Gasteiger partial charge < -0.3 is 19.1 Å². The number of benzene rings is 1. The number of nitrogens with zero attached hydrogens (tertiary/aromatic N) is 2. The summed E-state index contributed by atoms with van der Waals surface area (Å²) in [6.45, 7) is 5.79. The van der Waals surface area contributed by atoms with Crippen LogP contribution in [0.25, 0.3) is 0 Å². The van der Waals surface area contributed by atoms with Gasteiger partial charge in [0.05, 0.1) is 14.2 Å². The van der Waals surface area contributed by atoms with Gasteiger partial charge in [-0.05, 0) is 51.0 Å². The van der Waals surface area contributed by atoms with Gasteiger partial charge in [0.25, 0.3) is 6.47 Å². The Morgan fingerprint density at radius 1 is 1.26 bits per heavy atom. The Labute approximate surface area is 195 Å². The minimum atomic E-state index is -1.24. The maximum atomic E-state index is 13.0. The fourth-order valence-corrected chi connectivity index (χ4v) is 5.14. The van der Waals surface area contributed by atoms with Gasteiger partial charge in [0.1, 0.15) is 23.4 Å². The van der Waals surface area contributed by atoms with Crippen LogP contribution in [-0.4, -0.2) is 55.4 Å². The van der Waals surface area contributed by atoms with Crippen LogP contribution in [0.15, 0.2) is 45.2 Å². The Morgan fingerprint density at radius 3 is 2.52 bits per heavy atom. The first-order valence-electron chi connectivity index (χ1n) is 10.0. The highest BCUT2D eigenvalue weighted by atomic mass is 79.9. The monoisotopic (exact) mass is 514 g/mol. The molecule has 0 spiro atoms. The summed E-state index contributed by atoms with van der Waals surface area (Å²) in [7, 11) is 3.97. The predicted molar refractivity (Wildman–Crippen MR) is 127 cm³/mol. The van der Waals surface area contributed by atoms with Crippen LogP contribution in [-0.2, 0) is 36.6 Å². The number of allylic oxidation sites excluding steroid dienone is 3. The summed E-state index contributed by atoms with van der Waals surface area (Å²) < 4.78 is 31.5. The quantitative estimate of drug-likeness (QED) is 0.266. The van der Waals surface area contributed by atoms with Gasteiger partial charge in [-0.3, -0.25) is 4.79 Å². The number of anilines is 1. The van der Waals surface area contributed by atoms with Crippen LogP contribution >= 0.6 is 15.9 Å². The number of halogens is 1. The van der Waals surface area contributed by atoms with E-state index in [0.29, 0.717) is 24.0 Å².